The lowest BCUT2D eigenvalue weighted by Gasteiger charge is -2.15. The Morgan fingerprint density at radius 3 is 2.19 bits per heavy atom. The fraction of sp³-hybridized carbons (Fsp3) is 0.182. The van der Waals surface area contributed by atoms with E-state index < -0.39 is 17.8 Å². The van der Waals surface area contributed by atoms with E-state index in [1.54, 1.807) is 25.1 Å². The number of benzene rings is 2. The Morgan fingerprint density at radius 2 is 1.59 bits per heavy atom. The molecule has 3 aromatic rings. The van der Waals surface area contributed by atoms with E-state index in [4.69, 9.17) is 25.8 Å². The molecule has 0 saturated heterocycles. The maximum Gasteiger partial charge on any atom is 0.433 e. The fourth-order valence-electron chi connectivity index (χ4n) is 2.74. The molecule has 0 fully saturated rings. The van der Waals surface area contributed by atoms with Crippen LogP contribution in [0.1, 0.15) is 21.6 Å². The van der Waals surface area contributed by atoms with Gasteiger partial charge in [0.25, 0.3) is 0 Å². The quantitative estimate of drug-likeness (QED) is 0.352. The molecule has 3 rings (SSSR count). The number of methoxy groups -OCH3 is 2. The minimum atomic E-state index is -4.71. The van der Waals surface area contributed by atoms with Crippen LogP contribution in [0.2, 0.25) is 5.02 Å². The lowest BCUT2D eigenvalue weighted by Crippen LogP contribution is -2.16. The number of alkyl halides is 3. The molecule has 10 heteroatoms. The molecule has 0 spiro atoms. The molecule has 0 aliphatic rings. The van der Waals surface area contributed by atoms with Crippen LogP contribution in [-0.4, -0.2) is 25.2 Å². The van der Waals surface area contributed by atoms with Gasteiger partial charge in [-0.25, -0.2) is 9.78 Å². The summed E-state index contributed by atoms with van der Waals surface area (Å²) in [6.45, 7) is 1.73. The Labute approximate surface area is 186 Å². The summed E-state index contributed by atoms with van der Waals surface area (Å²) in [5, 5.41) is 3.12. The molecule has 2 aromatic carbocycles. The topological polar surface area (TPSA) is 69.7 Å². The predicted molar refractivity (Wildman–Crippen MR) is 113 cm³/mol. The number of esters is 1. The molecule has 0 saturated carbocycles. The van der Waals surface area contributed by atoms with E-state index in [1.165, 1.54) is 32.4 Å². The number of nitrogens with one attached hydrogen (secondary N) is 1. The lowest BCUT2D eigenvalue weighted by atomic mass is 10.1. The van der Waals surface area contributed by atoms with Crippen LogP contribution in [0.4, 0.5) is 24.7 Å². The first-order valence-electron chi connectivity index (χ1n) is 9.17. The summed E-state index contributed by atoms with van der Waals surface area (Å²) >= 11 is 6.00. The molecular formula is C22H18ClF3N2O4. The van der Waals surface area contributed by atoms with E-state index in [9.17, 15) is 18.0 Å². The number of aromatic nitrogens is 1. The van der Waals surface area contributed by atoms with E-state index in [-0.39, 0.29) is 17.1 Å². The fourth-order valence-corrected chi connectivity index (χ4v) is 2.91. The molecule has 168 valence electrons. The van der Waals surface area contributed by atoms with Gasteiger partial charge in [0, 0.05) is 28.9 Å². The molecule has 1 heterocycles. The van der Waals surface area contributed by atoms with Crippen LogP contribution in [-0.2, 0) is 6.18 Å². The van der Waals surface area contributed by atoms with Crippen LogP contribution >= 0.6 is 11.6 Å². The number of anilines is 2. The molecule has 0 aliphatic heterocycles. The van der Waals surface area contributed by atoms with E-state index in [2.05, 4.69) is 10.3 Å². The number of carbonyl (C=O) groups is 1. The Balaban J connectivity index is 2.01. The average Bonchev–Trinajstić information content (AvgIpc) is 2.75. The summed E-state index contributed by atoms with van der Waals surface area (Å²) in [6.07, 6.45) is -4.71. The second-order valence-electron chi connectivity index (χ2n) is 6.61. The third kappa shape index (κ3) is 5.42. The first-order chi connectivity index (χ1) is 15.1. The summed E-state index contributed by atoms with van der Waals surface area (Å²) in [4.78, 5) is 16.5. The number of hydrogen-bond acceptors (Lipinski definition) is 6. The third-order valence-corrected chi connectivity index (χ3v) is 4.63. The highest BCUT2D eigenvalue weighted by Crippen LogP contribution is 2.33. The summed E-state index contributed by atoms with van der Waals surface area (Å²) in [7, 11) is 2.85. The number of hydrogen-bond donors (Lipinski definition) is 1. The van der Waals surface area contributed by atoms with Gasteiger partial charge in [-0.3, -0.25) is 0 Å². The number of ether oxygens (including phenoxy) is 3. The van der Waals surface area contributed by atoms with E-state index in [1.807, 2.05) is 0 Å². The number of carbonyl (C=O) groups excluding carboxylic acids is 1. The van der Waals surface area contributed by atoms with Gasteiger partial charge >= 0.3 is 12.1 Å². The Kier molecular flexibility index (Phi) is 6.78. The second-order valence-corrected chi connectivity index (χ2v) is 7.05. The first kappa shape index (κ1) is 23.2. The number of halogens is 4. The molecule has 6 nitrogen and oxygen atoms in total. The van der Waals surface area contributed by atoms with Gasteiger partial charge in [-0.05, 0) is 36.8 Å². The molecule has 0 amide bonds. The van der Waals surface area contributed by atoms with Crippen molar-refractivity contribution in [3.05, 3.63) is 70.4 Å². The Bertz CT molecular complexity index is 1130. The van der Waals surface area contributed by atoms with Crippen LogP contribution in [0.15, 0.2) is 48.5 Å². The van der Waals surface area contributed by atoms with Crippen LogP contribution < -0.4 is 19.5 Å². The molecule has 0 bridgehead atoms. The molecule has 0 radical (unpaired) electrons. The van der Waals surface area contributed by atoms with Gasteiger partial charge in [0.05, 0.1) is 14.2 Å². The van der Waals surface area contributed by atoms with Crippen molar-refractivity contribution < 1.29 is 32.2 Å². The number of rotatable bonds is 6. The van der Waals surface area contributed by atoms with Crippen molar-refractivity contribution in [1.29, 1.82) is 0 Å². The molecule has 0 unspecified atom stereocenters. The van der Waals surface area contributed by atoms with Crippen molar-refractivity contribution in [3.8, 4) is 17.2 Å². The van der Waals surface area contributed by atoms with Crippen molar-refractivity contribution in [2.24, 2.45) is 0 Å². The number of aryl methyl sites for hydroxylation is 1. The van der Waals surface area contributed by atoms with Gasteiger partial charge in [-0.2, -0.15) is 13.2 Å². The molecule has 0 aliphatic carbocycles. The summed E-state index contributed by atoms with van der Waals surface area (Å²) in [5.74, 6) is -0.444. The highest BCUT2D eigenvalue weighted by Gasteiger charge is 2.34. The van der Waals surface area contributed by atoms with Crippen molar-refractivity contribution in [2.75, 3.05) is 19.5 Å². The lowest BCUT2D eigenvalue weighted by molar-refractivity contribution is -0.141. The van der Waals surface area contributed by atoms with Crippen molar-refractivity contribution in [3.63, 3.8) is 0 Å². The van der Waals surface area contributed by atoms with Crippen LogP contribution in [0.25, 0.3) is 0 Å². The second kappa shape index (κ2) is 9.35. The Hall–Kier alpha value is -3.46. The number of nitrogens with zero attached hydrogens (tertiary/aromatic N) is 1. The van der Waals surface area contributed by atoms with Gasteiger partial charge in [0.2, 0.25) is 0 Å². The monoisotopic (exact) mass is 466 g/mol. The van der Waals surface area contributed by atoms with Crippen LogP contribution in [0.5, 0.6) is 17.2 Å². The number of pyridine rings is 1. The standard InChI is InChI=1S/C22H18ClF3N2O4/c1-12-4-5-13(23)8-18(12)27-20-17(6-7-19(28-20)22(24,25)26)21(29)32-16-10-14(30-2)9-15(11-16)31-3/h4-11H,1-3H3,(H,27,28). The van der Waals surface area contributed by atoms with Gasteiger partial charge < -0.3 is 19.5 Å². The maximum absolute atomic E-state index is 13.2. The average molecular weight is 467 g/mol. The smallest absolute Gasteiger partial charge is 0.433 e. The van der Waals surface area contributed by atoms with Crippen LogP contribution in [0, 0.1) is 6.92 Å². The largest absolute Gasteiger partial charge is 0.496 e. The minimum absolute atomic E-state index is 0.0796. The van der Waals surface area contributed by atoms with Crippen molar-refractivity contribution >= 4 is 29.1 Å². The summed E-state index contributed by atoms with van der Waals surface area (Å²) in [6, 6.07) is 11.0. The first-order valence-corrected chi connectivity index (χ1v) is 9.55. The normalized spacial score (nSPS) is 11.1. The van der Waals surface area contributed by atoms with E-state index in [0.717, 1.165) is 6.07 Å². The molecule has 0 atom stereocenters. The Morgan fingerprint density at radius 1 is 0.969 bits per heavy atom. The highest BCUT2D eigenvalue weighted by atomic mass is 35.5. The maximum atomic E-state index is 13.2. The molecule has 1 N–H and O–H groups in total. The van der Waals surface area contributed by atoms with E-state index in [0.29, 0.717) is 33.8 Å². The molecule has 32 heavy (non-hydrogen) atoms. The SMILES string of the molecule is COc1cc(OC)cc(OC(=O)c2ccc(C(F)(F)F)nc2Nc2cc(Cl)ccc2C)c1. The van der Waals surface area contributed by atoms with Gasteiger partial charge in [0.1, 0.15) is 34.3 Å². The van der Waals surface area contributed by atoms with Gasteiger partial charge in [0.15, 0.2) is 0 Å². The van der Waals surface area contributed by atoms with E-state index >= 15 is 0 Å². The zero-order chi connectivity index (χ0) is 23.5. The van der Waals surface area contributed by atoms with Gasteiger partial charge in [-0.15, -0.1) is 0 Å². The van der Waals surface area contributed by atoms with Crippen molar-refractivity contribution in [1.82, 2.24) is 4.98 Å². The van der Waals surface area contributed by atoms with Gasteiger partial charge in [-0.1, -0.05) is 17.7 Å². The highest BCUT2D eigenvalue weighted by molar-refractivity contribution is 6.30. The predicted octanol–water partition coefficient (Wildman–Crippen LogP) is 6.04. The molecular weight excluding hydrogens is 449 g/mol. The van der Waals surface area contributed by atoms with Crippen molar-refractivity contribution in [2.45, 2.75) is 13.1 Å². The zero-order valence-electron chi connectivity index (χ0n) is 17.2. The third-order valence-electron chi connectivity index (χ3n) is 4.39. The summed E-state index contributed by atoms with van der Waals surface area (Å²) in [5.41, 5.74) is -0.301. The molecule has 1 aromatic heterocycles. The van der Waals surface area contributed by atoms with Crippen LogP contribution in [0.3, 0.4) is 0 Å². The zero-order valence-corrected chi connectivity index (χ0v) is 18.0. The summed E-state index contributed by atoms with van der Waals surface area (Å²) < 4.78 is 55.3. The minimum Gasteiger partial charge on any atom is -0.496 e.